The summed E-state index contributed by atoms with van der Waals surface area (Å²) in [6, 6.07) is 0. The summed E-state index contributed by atoms with van der Waals surface area (Å²) in [4.78, 5) is 15.9. The largest absolute Gasteiger partial charge is 0.394 e. The molecule has 1 aromatic heterocycles. The molecule has 12 nitrogen and oxygen atoms in total. The number of aliphatic hydroxyl groups is 5. The van der Waals surface area contributed by atoms with Crippen molar-refractivity contribution in [3.05, 3.63) is 22.2 Å². The molecule has 0 saturated carbocycles. The maximum atomic E-state index is 12.2. The number of aromatic nitrogens is 2. The molecule has 7 atom stereocenters. The number of nitrogen functional groups attached to an aromatic ring is 1. The van der Waals surface area contributed by atoms with E-state index < -0.39 is 68.0 Å². The fourth-order valence-corrected chi connectivity index (χ4v) is 3.19. The van der Waals surface area contributed by atoms with Gasteiger partial charge in [0.05, 0.1) is 25.7 Å². The lowest BCUT2D eigenvalue weighted by Gasteiger charge is -2.30. The Hall–Kier alpha value is -1.64. The fraction of sp³-hybridized carbons (Fsp3) is 0.733. The molecule has 3 heterocycles. The van der Waals surface area contributed by atoms with Gasteiger partial charge in [-0.2, -0.15) is 4.98 Å². The van der Waals surface area contributed by atoms with Crippen molar-refractivity contribution in [1.29, 1.82) is 0 Å². The van der Waals surface area contributed by atoms with Gasteiger partial charge in [-0.25, -0.2) is 4.79 Å². The Morgan fingerprint density at radius 2 is 2.04 bits per heavy atom. The minimum atomic E-state index is -2.33. The number of hydrogen-bond acceptors (Lipinski definition) is 11. The maximum absolute atomic E-state index is 12.2. The Bertz CT molecular complexity index is 744. The van der Waals surface area contributed by atoms with Crippen LogP contribution >= 0.6 is 0 Å². The Balaban J connectivity index is 1.91. The van der Waals surface area contributed by atoms with Crippen molar-refractivity contribution in [3.8, 4) is 0 Å². The van der Waals surface area contributed by atoms with Gasteiger partial charge in [-0.1, -0.05) is 0 Å². The van der Waals surface area contributed by atoms with Crippen molar-refractivity contribution in [3.63, 3.8) is 0 Å². The van der Waals surface area contributed by atoms with E-state index in [-0.39, 0.29) is 5.82 Å². The van der Waals surface area contributed by atoms with Gasteiger partial charge in [0.1, 0.15) is 30.2 Å². The van der Waals surface area contributed by atoms with Crippen LogP contribution in [0.5, 0.6) is 0 Å². The van der Waals surface area contributed by atoms with E-state index in [9.17, 15) is 25.2 Å². The lowest BCUT2D eigenvalue weighted by atomic mass is 10.1. The predicted octanol–water partition coefficient (Wildman–Crippen LogP) is -3.44. The number of rotatable bonds is 5. The highest BCUT2D eigenvalue weighted by atomic mass is 16.8. The Morgan fingerprint density at radius 1 is 1.37 bits per heavy atom. The van der Waals surface area contributed by atoms with E-state index >= 15 is 0 Å². The summed E-state index contributed by atoms with van der Waals surface area (Å²) < 4.78 is 17.1. The number of aryl methyl sites for hydroxylation is 1. The quantitative estimate of drug-likeness (QED) is 0.275. The molecule has 2 saturated heterocycles. The van der Waals surface area contributed by atoms with Crippen molar-refractivity contribution in [2.24, 2.45) is 0 Å². The summed E-state index contributed by atoms with van der Waals surface area (Å²) in [5.74, 6) is -2.30. The predicted molar refractivity (Wildman–Crippen MR) is 87.1 cm³/mol. The third-order valence-corrected chi connectivity index (χ3v) is 4.67. The molecule has 0 radical (unpaired) electrons. The summed E-state index contributed by atoms with van der Waals surface area (Å²) in [5, 5.41) is 49.3. The highest BCUT2D eigenvalue weighted by Crippen LogP contribution is 2.38. The lowest BCUT2D eigenvalue weighted by molar-refractivity contribution is -0.376. The fourth-order valence-electron chi connectivity index (χ4n) is 3.19. The van der Waals surface area contributed by atoms with Crippen molar-refractivity contribution < 1.29 is 39.7 Å². The third kappa shape index (κ3) is 3.70. The van der Waals surface area contributed by atoms with Crippen LogP contribution in [0.2, 0.25) is 0 Å². The molecule has 0 unspecified atom stereocenters. The highest BCUT2D eigenvalue weighted by molar-refractivity contribution is 5.35. The first kappa shape index (κ1) is 20.1. The molecule has 152 valence electrons. The van der Waals surface area contributed by atoms with Gasteiger partial charge < -0.3 is 45.5 Å². The standard InChI is InChI=1S/C15H23N3O9/c1-6-3-18(14(23)17-12(6)16)13-11(10(22)9(5-20)25-13)27-15(24)2-7(21)8(4-19)26-15/h3,7-11,13,19-22,24H,2,4-5H2,1H3,(H2,16,17,23)/t7-,8+,9+,10-,11+,13+,15-/m0/s1. The van der Waals surface area contributed by atoms with E-state index in [1.54, 1.807) is 6.92 Å². The Kier molecular flexibility index (Phi) is 5.52. The van der Waals surface area contributed by atoms with Crippen LogP contribution in [0.4, 0.5) is 5.82 Å². The average Bonchev–Trinajstić information content (AvgIpc) is 3.07. The summed E-state index contributed by atoms with van der Waals surface area (Å²) >= 11 is 0. The number of ether oxygens (including phenoxy) is 3. The van der Waals surface area contributed by atoms with Gasteiger partial charge in [0.25, 0.3) is 5.97 Å². The smallest absolute Gasteiger partial charge is 0.351 e. The van der Waals surface area contributed by atoms with E-state index in [1.165, 1.54) is 6.20 Å². The van der Waals surface area contributed by atoms with Crippen LogP contribution in [-0.2, 0) is 14.2 Å². The minimum Gasteiger partial charge on any atom is -0.394 e. The van der Waals surface area contributed by atoms with E-state index in [1.807, 2.05) is 0 Å². The van der Waals surface area contributed by atoms with Gasteiger partial charge in [-0.3, -0.25) is 4.57 Å². The number of hydrogen-bond donors (Lipinski definition) is 6. The van der Waals surface area contributed by atoms with Crippen molar-refractivity contribution >= 4 is 5.82 Å². The molecule has 3 rings (SSSR count). The first-order chi connectivity index (χ1) is 12.7. The zero-order chi connectivity index (χ0) is 19.9. The number of nitrogens with zero attached hydrogens (tertiary/aromatic N) is 2. The number of aliphatic hydroxyl groups excluding tert-OH is 4. The molecule has 2 fully saturated rings. The van der Waals surface area contributed by atoms with E-state index in [0.717, 1.165) is 4.57 Å². The molecule has 0 bridgehead atoms. The summed E-state index contributed by atoms with van der Waals surface area (Å²) in [5.41, 5.74) is 5.29. The lowest BCUT2D eigenvalue weighted by Crippen LogP contribution is -2.46. The molecular weight excluding hydrogens is 366 g/mol. The molecule has 0 spiro atoms. The average molecular weight is 389 g/mol. The molecule has 0 aliphatic carbocycles. The maximum Gasteiger partial charge on any atom is 0.351 e. The molecule has 2 aliphatic rings. The van der Waals surface area contributed by atoms with Crippen LogP contribution in [0.3, 0.4) is 0 Å². The Morgan fingerprint density at radius 3 is 2.63 bits per heavy atom. The molecule has 27 heavy (non-hydrogen) atoms. The summed E-state index contributed by atoms with van der Waals surface area (Å²) in [6.45, 7) is 0.480. The van der Waals surface area contributed by atoms with Gasteiger partial charge in [0.2, 0.25) is 0 Å². The molecular formula is C15H23N3O9. The van der Waals surface area contributed by atoms with Crippen LogP contribution in [0.25, 0.3) is 0 Å². The second-order valence-corrected chi connectivity index (χ2v) is 6.64. The summed E-state index contributed by atoms with van der Waals surface area (Å²) in [7, 11) is 0. The van der Waals surface area contributed by atoms with Crippen LogP contribution in [-0.4, -0.2) is 84.8 Å². The molecule has 12 heteroatoms. The Labute approximate surface area is 153 Å². The van der Waals surface area contributed by atoms with Crippen LogP contribution in [0, 0.1) is 6.92 Å². The second kappa shape index (κ2) is 7.41. The molecule has 1 aromatic rings. The van der Waals surface area contributed by atoms with Gasteiger partial charge in [0.15, 0.2) is 6.23 Å². The van der Waals surface area contributed by atoms with Gasteiger partial charge in [0, 0.05) is 11.8 Å². The molecule has 7 N–H and O–H groups in total. The van der Waals surface area contributed by atoms with Gasteiger partial charge in [-0.05, 0) is 6.92 Å². The van der Waals surface area contributed by atoms with Crippen LogP contribution in [0.15, 0.2) is 11.0 Å². The molecule has 0 aromatic carbocycles. The van der Waals surface area contributed by atoms with E-state index in [4.69, 9.17) is 25.1 Å². The topological polar surface area (TPSA) is 190 Å². The van der Waals surface area contributed by atoms with Crippen molar-refractivity contribution in [2.75, 3.05) is 18.9 Å². The van der Waals surface area contributed by atoms with E-state index in [2.05, 4.69) is 4.98 Å². The van der Waals surface area contributed by atoms with E-state index in [0.29, 0.717) is 5.56 Å². The second-order valence-electron chi connectivity index (χ2n) is 6.64. The zero-order valence-electron chi connectivity index (χ0n) is 14.5. The number of anilines is 1. The van der Waals surface area contributed by atoms with Crippen molar-refractivity contribution in [2.45, 2.75) is 56.1 Å². The van der Waals surface area contributed by atoms with Gasteiger partial charge >= 0.3 is 5.69 Å². The molecule has 0 amide bonds. The normalized spacial score (nSPS) is 39.2. The zero-order valence-corrected chi connectivity index (χ0v) is 14.5. The monoisotopic (exact) mass is 389 g/mol. The van der Waals surface area contributed by atoms with Gasteiger partial charge in [-0.15, -0.1) is 0 Å². The highest BCUT2D eigenvalue weighted by Gasteiger charge is 2.53. The SMILES string of the molecule is Cc1cn([C@@H]2O[C@H](CO)[C@H](O)[C@H]2O[C@]2(O)C[C@H](O)[C@@H](CO)O2)c(=O)nc1N. The third-order valence-electron chi connectivity index (χ3n) is 4.67. The number of nitrogens with two attached hydrogens (primary N) is 1. The van der Waals surface area contributed by atoms with Crippen LogP contribution in [0.1, 0.15) is 18.2 Å². The van der Waals surface area contributed by atoms with Crippen molar-refractivity contribution in [1.82, 2.24) is 9.55 Å². The first-order valence-corrected chi connectivity index (χ1v) is 8.35. The molecule has 2 aliphatic heterocycles. The summed E-state index contributed by atoms with van der Waals surface area (Å²) in [6.07, 6.45) is -6.46. The van der Waals surface area contributed by atoms with Crippen LogP contribution < -0.4 is 11.4 Å². The minimum absolute atomic E-state index is 0.0256. The first-order valence-electron chi connectivity index (χ1n) is 8.35.